The van der Waals surface area contributed by atoms with Crippen LogP contribution in [-0.4, -0.2) is 44.0 Å². The zero-order valence-corrected chi connectivity index (χ0v) is 12.2. The highest BCUT2D eigenvalue weighted by Gasteiger charge is 2.31. The van der Waals surface area contributed by atoms with Crippen molar-refractivity contribution in [1.82, 2.24) is 4.90 Å². The van der Waals surface area contributed by atoms with E-state index in [2.05, 4.69) is 4.74 Å². The number of nitrogens with zero attached hydrogens (tertiary/aromatic N) is 1. The molecule has 0 aromatic heterocycles. The standard InChI is InChI=1S/C15H18F3NO3/c1-21-10-11-6-8-19(9-7-11)14(20)12-2-4-13(5-3-12)22-15(16,17)18/h2-5,11H,6-10H2,1H3. The molecule has 1 aromatic carbocycles. The summed E-state index contributed by atoms with van der Waals surface area (Å²) in [7, 11) is 1.65. The SMILES string of the molecule is COCC1CCN(C(=O)c2ccc(OC(F)(F)F)cc2)CC1. The number of hydrogen-bond acceptors (Lipinski definition) is 3. The van der Waals surface area contributed by atoms with Crippen molar-refractivity contribution < 1.29 is 27.4 Å². The molecule has 0 radical (unpaired) electrons. The van der Waals surface area contributed by atoms with Crippen molar-refractivity contribution in [1.29, 1.82) is 0 Å². The molecule has 0 atom stereocenters. The first kappa shape index (κ1) is 16.6. The second kappa shape index (κ2) is 7.00. The van der Waals surface area contributed by atoms with Crippen molar-refractivity contribution in [3.63, 3.8) is 0 Å². The fraction of sp³-hybridized carbons (Fsp3) is 0.533. The number of halogens is 3. The molecule has 1 amide bonds. The fourth-order valence-electron chi connectivity index (χ4n) is 2.52. The Morgan fingerprint density at radius 2 is 1.82 bits per heavy atom. The Labute approximate surface area is 126 Å². The Morgan fingerprint density at radius 3 is 2.32 bits per heavy atom. The molecule has 1 heterocycles. The van der Waals surface area contributed by atoms with E-state index >= 15 is 0 Å². The van der Waals surface area contributed by atoms with Crippen molar-refractivity contribution in [3.05, 3.63) is 29.8 Å². The molecule has 1 aliphatic heterocycles. The number of rotatable bonds is 4. The van der Waals surface area contributed by atoms with Crippen LogP contribution < -0.4 is 4.74 Å². The van der Waals surface area contributed by atoms with Crippen molar-refractivity contribution in [3.8, 4) is 5.75 Å². The summed E-state index contributed by atoms with van der Waals surface area (Å²) in [5.74, 6) is -0.0473. The third kappa shape index (κ3) is 4.62. The highest BCUT2D eigenvalue weighted by molar-refractivity contribution is 5.94. The van der Waals surface area contributed by atoms with Gasteiger partial charge in [0, 0.05) is 32.4 Å². The average Bonchev–Trinajstić information content (AvgIpc) is 2.47. The minimum Gasteiger partial charge on any atom is -0.406 e. The first-order valence-corrected chi connectivity index (χ1v) is 7.03. The van der Waals surface area contributed by atoms with E-state index in [-0.39, 0.29) is 11.7 Å². The summed E-state index contributed by atoms with van der Waals surface area (Å²) < 4.78 is 45.1. The van der Waals surface area contributed by atoms with Gasteiger partial charge < -0.3 is 14.4 Å². The lowest BCUT2D eigenvalue weighted by molar-refractivity contribution is -0.274. The van der Waals surface area contributed by atoms with Gasteiger partial charge in [0.15, 0.2) is 0 Å². The molecule has 4 nitrogen and oxygen atoms in total. The van der Waals surface area contributed by atoms with Gasteiger partial charge in [-0.2, -0.15) is 0 Å². The summed E-state index contributed by atoms with van der Waals surface area (Å²) in [5.41, 5.74) is 0.361. The lowest BCUT2D eigenvalue weighted by Gasteiger charge is -2.31. The maximum atomic E-state index is 12.3. The van der Waals surface area contributed by atoms with E-state index in [0.717, 1.165) is 25.0 Å². The van der Waals surface area contributed by atoms with E-state index in [9.17, 15) is 18.0 Å². The van der Waals surface area contributed by atoms with Crippen LogP contribution in [-0.2, 0) is 4.74 Å². The van der Waals surface area contributed by atoms with Gasteiger partial charge in [0.25, 0.3) is 5.91 Å². The number of ether oxygens (including phenoxy) is 2. The summed E-state index contributed by atoms with van der Waals surface area (Å²) in [6, 6.07) is 5.01. The third-order valence-corrected chi connectivity index (χ3v) is 3.64. The Balaban J connectivity index is 1.93. The van der Waals surface area contributed by atoms with Gasteiger partial charge in [-0.3, -0.25) is 4.79 Å². The number of piperidine rings is 1. The number of hydrogen-bond donors (Lipinski definition) is 0. The molecule has 0 aliphatic carbocycles. The second-order valence-corrected chi connectivity index (χ2v) is 5.26. The van der Waals surface area contributed by atoms with E-state index in [1.165, 1.54) is 12.1 Å². The van der Waals surface area contributed by atoms with E-state index in [0.29, 0.717) is 31.2 Å². The Kier molecular flexibility index (Phi) is 5.28. The highest BCUT2D eigenvalue weighted by atomic mass is 19.4. The van der Waals surface area contributed by atoms with Crippen LogP contribution in [0.4, 0.5) is 13.2 Å². The Hall–Kier alpha value is -1.76. The topological polar surface area (TPSA) is 38.8 Å². The number of methoxy groups -OCH3 is 1. The van der Waals surface area contributed by atoms with E-state index in [4.69, 9.17) is 4.74 Å². The number of carbonyl (C=O) groups is 1. The molecule has 0 bridgehead atoms. The van der Waals surface area contributed by atoms with Gasteiger partial charge in [0.1, 0.15) is 5.75 Å². The monoisotopic (exact) mass is 317 g/mol. The number of alkyl halides is 3. The predicted molar refractivity (Wildman–Crippen MR) is 73.6 cm³/mol. The molecule has 122 valence electrons. The molecule has 0 spiro atoms. The summed E-state index contributed by atoms with van der Waals surface area (Å²) in [6.07, 6.45) is -2.99. The molecule has 22 heavy (non-hydrogen) atoms. The summed E-state index contributed by atoms with van der Waals surface area (Å²) in [5, 5.41) is 0. The normalized spacial score (nSPS) is 16.6. The highest BCUT2D eigenvalue weighted by Crippen LogP contribution is 2.24. The maximum absolute atomic E-state index is 12.3. The molecular weight excluding hydrogens is 299 g/mol. The van der Waals surface area contributed by atoms with Crippen LogP contribution in [0.25, 0.3) is 0 Å². The second-order valence-electron chi connectivity index (χ2n) is 5.26. The maximum Gasteiger partial charge on any atom is 0.573 e. The lowest BCUT2D eigenvalue weighted by Crippen LogP contribution is -2.39. The van der Waals surface area contributed by atoms with Crippen molar-refractivity contribution in [2.75, 3.05) is 26.8 Å². The van der Waals surface area contributed by atoms with Crippen LogP contribution in [0.3, 0.4) is 0 Å². The first-order valence-electron chi connectivity index (χ1n) is 7.03. The van der Waals surface area contributed by atoms with Gasteiger partial charge in [-0.15, -0.1) is 13.2 Å². The summed E-state index contributed by atoms with van der Waals surface area (Å²) in [4.78, 5) is 14.0. The van der Waals surface area contributed by atoms with E-state index in [1.54, 1.807) is 12.0 Å². The minimum atomic E-state index is -4.73. The van der Waals surface area contributed by atoms with Gasteiger partial charge in [-0.1, -0.05) is 0 Å². The number of benzene rings is 1. The van der Waals surface area contributed by atoms with Crippen LogP contribution in [0, 0.1) is 5.92 Å². The molecule has 0 saturated carbocycles. The molecule has 7 heteroatoms. The quantitative estimate of drug-likeness (QED) is 0.856. The molecule has 0 N–H and O–H groups in total. The fourth-order valence-corrected chi connectivity index (χ4v) is 2.52. The molecule has 1 aliphatic rings. The smallest absolute Gasteiger partial charge is 0.406 e. The average molecular weight is 317 g/mol. The largest absolute Gasteiger partial charge is 0.573 e. The van der Waals surface area contributed by atoms with Gasteiger partial charge in [0.05, 0.1) is 0 Å². The van der Waals surface area contributed by atoms with Crippen LogP contribution in [0.5, 0.6) is 5.75 Å². The number of likely N-dealkylation sites (tertiary alicyclic amines) is 1. The van der Waals surface area contributed by atoms with Crippen molar-refractivity contribution >= 4 is 5.91 Å². The molecule has 0 unspecified atom stereocenters. The van der Waals surface area contributed by atoms with Crippen LogP contribution >= 0.6 is 0 Å². The molecule has 2 rings (SSSR count). The van der Waals surface area contributed by atoms with Crippen LogP contribution in [0.1, 0.15) is 23.2 Å². The number of amides is 1. The van der Waals surface area contributed by atoms with E-state index in [1.807, 2.05) is 0 Å². The minimum absolute atomic E-state index is 0.172. The lowest BCUT2D eigenvalue weighted by atomic mass is 9.97. The zero-order chi connectivity index (χ0) is 16.2. The van der Waals surface area contributed by atoms with Crippen molar-refractivity contribution in [2.45, 2.75) is 19.2 Å². The van der Waals surface area contributed by atoms with Gasteiger partial charge in [-0.05, 0) is 43.0 Å². The van der Waals surface area contributed by atoms with Crippen molar-refractivity contribution in [2.24, 2.45) is 5.92 Å². The van der Waals surface area contributed by atoms with Gasteiger partial charge >= 0.3 is 6.36 Å². The van der Waals surface area contributed by atoms with Gasteiger partial charge in [0.2, 0.25) is 0 Å². The summed E-state index contributed by atoms with van der Waals surface area (Å²) >= 11 is 0. The Morgan fingerprint density at radius 1 is 1.23 bits per heavy atom. The van der Waals surface area contributed by atoms with E-state index < -0.39 is 6.36 Å². The molecular formula is C15H18F3NO3. The molecule has 1 aromatic rings. The summed E-state index contributed by atoms with van der Waals surface area (Å²) in [6.45, 7) is 1.95. The number of carbonyl (C=O) groups excluding carboxylic acids is 1. The molecule has 1 saturated heterocycles. The Bertz CT molecular complexity index is 494. The van der Waals surface area contributed by atoms with Gasteiger partial charge in [-0.25, -0.2) is 0 Å². The first-order chi connectivity index (χ1) is 10.4. The van der Waals surface area contributed by atoms with Crippen LogP contribution in [0.15, 0.2) is 24.3 Å². The van der Waals surface area contributed by atoms with Crippen LogP contribution in [0.2, 0.25) is 0 Å². The predicted octanol–water partition coefficient (Wildman–Crippen LogP) is 3.08. The zero-order valence-electron chi connectivity index (χ0n) is 12.2. The molecule has 1 fully saturated rings. The third-order valence-electron chi connectivity index (χ3n) is 3.64.